The SMILES string of the molecule is CC(=O)O[C@H]1[C@@H](O)[C@](C#N)(c2ccc3c(NC(=O)[C@@H](C)Cc4ccc(F)cc4)ncnn23)O[C@@H]1CO. The number of carbonyl (C=O) groups is 2. The molecule has 11 nitrogen and oxygen atoms in total. The van der Waals surface area contributed by atoms with E-state index in [1.165, 1.54) is 28.8 Å². The lowest BCUT2D eigenvalue weighted by Crippen LogP contribution is -2.42. The van der Waals surface area contributed by atoms with Gasteiger partial charge in [-0.05, 0) is 36.2 Å². The number of nitriles is 1. The van der Waals surface area contributed by atoms with E-state index >= 15 is 0 Å². The standard InChI is InChI=1S/C24H24FN5O6/c1-13(9-15-3-5-16(25)6-4-15)23(34)29-22-17-7-8-19(30(17)28-12-27-22)24(11-26)21(33)20(35-14(2)32)18(10-31)36-24/h3-8,12-13,18,20-21,31,33H,9-10H2,1-2H3,(H,27,28,29,34)/t13-,18+,20+,21+,24-/m0/s1. The van der Waals surface area contributed by atoms with E-state index in [-0.39, 0.29) is 23.2 Å². The Morgan fingerprint density at radius 3 is 2.69 bits per heavy atom. The third kappa shape index (κ3) is 4.51. The lowest BCUT2D eigenvalue weighted by Gasteiger charge is -2.24. The van der Waals surface area contributed by atoms with Gasteiger partial charge in [0, 0.05) is 12.8 Å². The van der Waals surface area contributed by atoms with Crippen molar-refractivity contribution in [2.24, 2.45) is 5.92 Å². The molecule has 5 atom stereocenters. The van der Waals surface area contributed by atoms with Crippen LogP contribution in [0.5, 0.6) is 0 Å². The van der Waals surface area contributed by atoms with Crippen LogP contribution in [0, 0.1) is 23.1 Å². The summed E-state index contributed by atoms with van der Waals surface area (Å²) in [6.45, 7) is 2.25. The molecular weight excluding hydrogens is 473 g/mol. The normalized spacial score (nSPS) is 24.3. The van der Waals surface area contributed by atoms with Crippen molar-refractivity contribution < 1.29 is 33.7 Å². The minimum Gasteiger partial charge on any atom is -0.457 e. The van der Waals surface area contributed by atoms with E-state index in [1.807, 2.05) is 6.07 Å². The quantitative estimate of drug-likeness (QED) is 0.406. The summed E-state index contributed by atoms with van der Waals surface area (Å²) in [5.74, 6) is -1.73. The van der Waals surface area contributed by atoms with Crippen LogP contribution in [-0.4, -0.2) is 61.6 Å². The van der Waals surface area contributed by atoms with Crippen LogP contribution in [0.4, 0.5) is 10.2 Å². The second kappa shape index (κ2) is 9.98. The molecule has 0 saturated carbocycles. The van der Waals surface area contributed by atoms with Gasteiger partial charge in [0.05, 0.1) is 12.3 Å². The van der Waals surface area contributed by atoms with Crippen LogP contribution in [0.2, 0.25) is 0 Å². The monoisotopic (exact) mass is 497 g/mol. The first-order chi connectivity index (χ1) is 17.2. The molecule has 12 heteroatoms. The molecule has 3 heterocycles. The fraction of sp³-hybridized carbons (Fsp3) is 0.375. The van der Waals surface area contributed by atoms with Crippen LogP contribution in [-0.2, 0) is 31.1 Å². The summed E-state index contributed by atoms with van der Waals surface area (Å²) in [5.41, 5.74) is -0.818. The summed E-state index contributed by atoms with van der Waals surface area (Å²) < 4.78 is 25.3. The largest absolute Gasteiger partial charge is 0.457 e. The van der Waals surface area contributed by atoms with Gasteiger partial charge in [-0.1, -0.05) is 19.1 Å². The first-order valence-electron chi connectivity index (χ1n) is 11.1. The average Bonchev–Trinajstić information content (AvgIpc) is 3.41. The number of carbonyl (C=O) groups excluding carboxylic acids is 2. The van der Waals surface area contributed by atoms with E-state index in [0.29, 0.717) is 11.9 Å². The molecule has 0 aliphatic carbocycles. The molecule has 1 saturated heterocycles. The molecule has 0 bridgehead atoms. The first kappa shape index (κ1) is 25.2. The van der Waals surface area contributed by atoms with Crippen LogP contribution >= 0.6 is 0 Å². The van der Waals surface area contributed by atoms with E-state index in [2.05, 4.69) is 15.4 Å². The Kier molecular flexibility index (Phi) is 6.98. The number of halogens is 1. The minimum atomic E-state index is -2.02. The second-order valence-electron chi connectivity index (χ2n) is 8.55. The van der Waals surface area contributed by atoms with Gasteiger partial charge in [-0.25, -0.2) is 13.9 Å². The van der Waals surface area contributed by atoms with E-state index < -0.39 is 42.4 Å². The van der Waals surface area contributed by atoms with Crippen LogP contribution in [0.15, 0.2) is 42.7 Å². The number of benzene rings is 1. The molecule has 1 aliphatic heterocycles. The molecule has 0 radical (unpaired) electrons. The zero-order valence-corrected chi connectivity index (χ0v) is 19.5. The number of aromatic nitrogens is 3. The zero-order valence-electron chi connectivity index (χ0n) is 19.5. The molecule has 1 aliphatic rings. The topological polar surface area (TPSA) is 159 Å². The number of anilines is 1. The molecule has 3 N–H and O–H groups in total. The number of nitrogens with one attached hydrogen (secondary N) is 1. The van der Waals surface area contributed by atoms with Gasteiger partial charge < -0.3 is 25.0 Å². The van der Waals surface area contributed by atoms with Crippen molar-refractivity contribution in [3.8, 4) is 6.07 Å². The highest BCUT2D eigenvalue weighted by Crippen LogP contribution is 2.41. The molecule has 36 heavy (non-hydrogen) atoms. The first-order valence-corrected chi connectivity index (χ1v) is 11.1. The molecular formula is C24H24FN5O6. The van der Waals surface area contributed by atoms with E-state index in [4.69, 9.17) is 9.47 Å². The van der Waals surface area contributed by atoms with Crippen molar-refractivity contribution in [1.82, 2.24) is 14.6 Å². The highest BCUT2D eigenvalue weighted by Gasteiger charge is 2.59. The van der Waals surface area contributed by atoms with Gasteiger partial charge in [0.2, 0.25) is 11.5 Å². The zero-order chi connectivity index (χ0) is 26.0. The Balaban J connectivity index is 1.62. The van der Waals surface area contributed by atoms with Crippen molar-refractivity contribution >= 4 is 23.2 Å². The molecule has 0 spiro atoms. The molecule has 0 unspecified atom stereocenters. The second-order valence-corrected chi connectivity index (χ2v) is 8.55. The van der Waals surface area contributed by atoms with Gasteiger partial charge in [-0.3, -0.25) is 9.59 Å². The van der Waals surface area contributed by atoms with Crippen molar-refractivity contribution in [3.05, 3.63) is 59.8 Å². The molecule has 1 fully saturated rings. The maximum absolute atomic E-state index is 13.2. The summed E-state index contributed by atoms with van der Waals surface area (Å²) in [7, 11) is 0. The summed E-state index contributed by atoms with van der Waals surface area (Å²) in [6, 6.07) is 10.8. The van der Waals surface area contributed by atoms with Crippen LogP contribution in [0.1, 0.15) is 25.1 Å². The number of esters is 1. The number of hydrogen-bond donors (Lipinski definition) is 3. The average molecular weight is 497 g/mol. The molecule has 1 aromatic carbocycles. The van der Waals surface area contributed by atoms with Gasteiger partial charge in [0.25, 0.3) is 0 Å². The van der Waals surface area contributed by atoms with Gasteiger partial charge in [-0.2, -0.15) is 10.4 Å². The lowest BCUT2D eigenvalue weighted by molar-refractivity contribution is -0.153. The number of rotatable bonds is 7. The van der Waals surface area contributed by atoms with Gasteiger partial charge in [0.15, 0.2) is 11.9 Å². The number of ether oxygens (including phenoxy) is 2. The number of hydrogen-bond acceptors (Lipinski definition) is 9. The summed E-state index contributed by atoms with van der Waals surface area (Å²) in [5, 5.41) is 37.5. The Bertz CT molecular complexity index is 1320. The minimum absolute atomic E-state index is 0.0952. The van der Waals surface area contributed by atoms with E-state index in [9.17, 15) is 29.5 Å². The van der Waals surface area contributed by atoms with Crippen molar-refractivity contribution in [2.45, 2.75) is 44.2 Å². The summed E-state index contributed by atoms with van der Waals surface area (Å²) in [4.78, 5) is 28.5. The van der Waals surface area contributed by atoms with Crippen LogP contribution < -0.4 is 5.32 Å². The Morgan fingerprint density at radius 2 is 2.06 bits per heavy atom. The van der Waals surface area contributed by atoms with Gasteiger partial charge in [-0.15, -0.1) is 0 Å². The maximum Gasteiger partial charge on any atom is 0.303 e. The van der Waals surface area contributed by atoms with Gasteiger partial charge in [0.1, 0.15) is 35.9 Å². The summed E-state index contributed by atoms with van der Waals surface area (Å²) >= 11 is 0. The molecule has 4 rings (SSSR count). The number of fused-ring (bicyclic) bond motifs is 1. The third-order valence-electron chi connectivity index (χ3n) is 6.06. The van der Waals surface area contributed by atoms with Crippen molar-refractivity contribution in [1.29, 1.82) is 5.26 Å². The number of amides is 1. The fourth-order valence-electron chi connectivity index (χ4n) is 4.26. The van der Waals surface area contributed by atoms with Crippen LogP contribution in [0.3, 0.4) is 0 Å². The molecule has 1 amide bonds. The highest BCUT2D eigenvalue weighted by atomic mass is 19.1. The van der Waals surface area contributed by atoms with E-state index in [0.717, 1.165) is 18.8 Å². The number of aliphatic hydroxyl groups is 2. The number of aliphatic hydroxyl groups excluding tert-OH is 2. The Labute approximate surface area is 205 Å². The number of nitrogens with zero attached hydrogens (tertiary/aromatic N) is 4. The molecule has 2 aromatic heterocycles. The van der Waals surface area contributed by atoms with Crippen LogP contribution in [0.25, 0.3) is 5.52 Å². The predicted molar refractivity (Wildman–Crippen MR) is 122 cm³/mol. The van der Waals surface area contributed by atoms with Crippen molar-refractivity contribution in [3.63, 3.8) is 0 Å². The van der Waals surface area contributed by atoms with Gasteiger partial charge >= 0.3 is 5.97 Å². The highest BCUT2D eigenvalue weighted by molar-refractivity contribution is 5.95. The fourth-order valence-corrected chi connectivity index (χ4v) is 4.26. The molecule has 3 aromatic rings. The smallest absolute Gasteiger partial charge is 0.303 e. The lowest BCUT2D eigenvalue weighted by atomic mass is 9.92. The maximum atomic E-state index is 13.2. The third-order valence-corrected chi connectivity index (χ3v) is 6.06. The summed E-state index contributed by atoms with van der Waals surface area (Å²) in [6.07, 6.45) is -2.54. The molecule has 188 valence electrons. The Morgan fingerprint density at radius 1 is 1.33 bits per heavy atom. The Hall–Kier alpha value is -3.92. The predicted octanol–water partition coefficient (Wildman–Crippen LogP) is 1.09. The van der Waals surface area contributed by atoms with Crippen molar-refractivity contribution in [2.75, 3.05) is 11.9 Å². The van der Waals surface area contributed by atoms with E-state index in [1.54, 1.807) is 19.1 Å².